The van der Waals surface area contributed by atoms with E-state index < -0.39 is 0 Å². The Kier molecular flexibility index (Phi) is 12.2. The van der Waals surface area contributed by atoms with Gasteiger partial charge in [0.05, 0.1) is 11.3 Å². The van der Waals surface area contributed by atoms with Crippen LogP contribution in [0, 0.1) is 24.8 Å². The average molecular weight is 757 g/mol. The minimum absolute atomic E-state index is 0. The molecule has 1 radical (unpaired) electrons. The number of aryl methyl sites for hydroxylation is 1. The van der Waals surface area contributed by atoms with Gasteiger partial charge >= 0.3 is 0 Å². The Balaban J connectivity index is 0.000000274. The standard InChI is InChI=1S/C23H18N3O.C13H24O2.Ir/c1-13(2)20-16-8-5-4-7-15(16)12-19(26-20)21-17-11-14(3)27-23(17)22-18(25-21)9-6-10-24-22;1-5-10(6-2)12(14)9-13(15)11(7-3)8-4;/h4-11,13H,1-3H3;9-11,14H,5-8H2,1-4H3;/q-1;;/b;12-9-;. The molecule has 229 valence electrons. The normalized spacial score (nSPS) is 11.8. The predicted molar refractivity (Wildman–Crippen MR) is 172 cm³/mol. The maximum absolute atomic E-state index is 11.7. The van der Waals surface area contributed by atoms with Crippen LogP contribution in [-0.2, 0) is 24.9 Å². The fourth-order valence-electron chi connectivity index (χ4n) is 5.37. The number of aliphatic hydroxyl groups excluding tert-OH is 1. The fourth-order valence-corrected chi connectivity index (χ4v) is 5.37. The molecule has 7 heteroatoms. The van der Waals surface area contributed by atoms with E-state index in [1.165, 1.54) is 6.08 Å². The summed E-state index contributed by atoms with van der Waals surface area (Å²) in [5.74, 6) is 1.68. The summed E-state index contributed by atoms with van der Waals surface area (Å²) in [4.78, 5) is 26.0. The number of benzene rings is 1. The van der Waals surface area contributed by atoms with Crippen LogP contribution in [0.3, 0.4) is 0 Å². The third-order valence-electron chi connectivity index (χ3n) is 7.89. The number of furan rings is 1. The number of carbonyl (C=O) groups is 1. The van der Waals surface area contributed by atoms with E-state index in [0.29, 0.717) is 5.92 Å². The first-order valence-corrected chi connectivity index (χ1v) is 15.1. The molecule has 0 saturated carbocycles. The van der Waals surface area contributed by atoms with Gasteiger partial charge < -0.3 is 9.52 Å². The molecule has 0 aliphatic rings. The van der Waals surface area contributed by atoms with E-state index in [4.69, 9.17) is 14.4 Å². The number of ketones is 1. The number of rotatable bonds is 9. The van der Waals surface area contributed by atoms with Gasteiger partial charge in [0, 0.05) is 66.7 Å². The molecule has 5 rings (SSSR count). The second-order valence-electron chi connectivity index (χ2n) is 11.1. The Labute approximate surface area is 268 Å². The number of hydrogen-bond donors (Lipinski definition) is 1. The first kappa shape index (κ1) is 34.1. The third-order valence-corrected chi connectivity index (χ3v) is 7.89. The number of fused-ring (bicyclic) bond motifs is 4. The molecule has 0 aliphatic heterocycles. The van der Waals surface area contributed by atoms with E-state index in [0.717, 1.165) is 81.3 Å². The molecule has 0 aliphatic carbocycles. The molecule has 4 heterocycles. The van der Waals surface area contributed by atoms with Crippen LogP contribution in [-0.4, -0.2) is 25.8 Å². The Morgan fingerprint density at radius 2 is 1.63 bits per heavy atom. The SMILES string of the molecule is CCC(CC)C(=O)/C=C(\O)C(CC)CC.Cc1cc2c(-c3[c-]c4ccccc4c(C(C)C)n3)nc3cccnc3c2o1.[Ir]. The zero-order chi connectivity index (χ0) is 30.4. The molecule has 0 saturated heterocycles. The molecule has 1 aromatic carbocycles. The van der Waals surface area contributed by atoms with E-state index in [1.54, 1.807) is 6.20 Å². The van der Waals surface area contributed by atoms with Crippen molar-refractivity contribution in [3.8, 4) is 11.4 Å². The van der Waals surface area contributed by atoms with Crippen molar-refractivity contribution in [3.05, 3.63) is 78.0 Å². The predicted octanol–water partition coefficient (Wildman–Crippen LogP) is 9.69. The van der Waals surface area contributed by atoms with Crippen LogP contribution in [0.4, 0.5) is 0 Å². The number of allylic oxidation sites excluding steroid dienone is 2. The van der Waals surface area contributed by atoms with Gasteiger partial charge in [-0.05, 0) is 56.7 Å². The van der Waals surface area contributed by atoms with E-state index >= 15 is 0 Å². The van der Waals surface area contributed by atoms with Crippen LogP contribution in [0.1, 0.15) is 84.6 Å². The van der Waals surface area contributed by atoms with Gasteiger partial charge in [-0.1, -0.05) is 59.1 Å². The Morgan fingerprint density at radius 3 is 2.28 bits per heavy atom. The zero-order valence-electron chi connectivity index (χ0n) is 26.2. The minimum Gasteiger partial charge on any atom is -0.512 e. The van der Waals surface area contributed by atoms with Crippen molar-refractivity contribution in [1.82, 2.24) is 15.0 Å². The summed E-state index contributed by atoms with van der Waals surface area (Å²) >= 11 is 0. The van der Waals surface area contributed by atoms with Crippen LogP contribution in [0.5, 0.6) is 0 Å². The maximum atomic E-state index is 11.7. The molecule has 1 N–H and O–H groups in total. The molecule has 5 aromatic rings. The molecule has 0 atom stereocenters. The summed E-state index contributed by atoms with van der Waals surface area (Å²) < 4.78 is 5.96. The van der Waals surface area contributed by atoms with Crippen LogP contribution >= 0.6 is 0 Å². The van der Waals surface area contributed by atoms with Gasteiger partial charge in [-0.25, -0.2) is 0 Å². The van der Waals surface area contributed by atoms with Crippen molar-refractivity contribution in [2.75, 3.05) is 0 Å². The van der Waals surface area contributed by atoms with Gasteiger partial charge in [-0.2, -0.15) is 0 Å². The monoisotopic (exact) mass is 757 g/mol. The largest absolute Gasteiger partial charge is 0.512 e. The molecule has 0 spiro atoms. The number of nitrogens with zero attached hydrogens (tertiary/aromatic N) is 3. The Morgan fingerprint density at radius 1 is 0.953 bits per heavy atom. The second-order valence-corrected chi connectivity index (χ2v) is 11.1. The number of carbonyl (C=O) groups excluding carboxylic acids is 1. The quantitative estimate of drug-likeness (QED) is 0.0916. The molecule has 0 fully saturated rings. The fraction of sp³-hybridized carbons (Fsp3) is 0.389. The van der Waals surface area contributed by atoms with Crippen molar-refractivity contribution >= 4 is 38.6 Å². The summed E-state index contributed by atoms with van der Waals surface area (Å²) in [7, 11) is 0. The van der Waals surface area contributed by atoms with E-state index in [9.17, 15) is 9.90 Å². The number of hydrogen-bond acceptors (Lipinski definition) is 6. The van der Waals surface area contributed by atoms with Crippen molar-refractivity contribution in [3.63, 3.8) is 0 Å². The van der Waals surface area contributed by atoms with Gasteiger partial charge in [-0.3, -0.25) is 19.7 Å². The van der Waals surface area contributed by atoms with Gasteiger partial charge in [0.1, 0.15) is 11.3 Å². The van der Waals surface area contributed by atoms with Crippen molar-refractivity contribution in [1.29, 1.82) is 0 Å². The van der Waals surface area contributed by atoms with Crippen LogP contribution in [0.15, 0.2) is 64.9 Å². The summed E-state index contributed by atoms with van der Waals surface area (Å²) in [6.45, 7) is 14.3. The molecule has 6 nitrogen and oxygen atoms in total. The van der Waals surface area contributed by atoms with Gasteiger partial charge in [0.2, 0.25) is 0 Å². The van der Waals surface area contributed by atoms with E-state index in [-0.39, 0.29) is 43.5 Å². The first-order valence-electron chi connectivity index (χ1n) is 15.1. The summed E-state index contributed by atoms with van der Waals surface area (Å²) in [6, 6.07) is 17.6. The van der Waals surface area contributed by atoms with Crippen LogP contribution in [0.2, 0.25) is 0 Å². The van der Waals surface area contributed by atoms with Crippen molar-refractivity contribution in [2.45, 2.75) is 80.1 Å². The minimum atomic E-state index is 0. The molecule has 0 bridgehead atoms. The topological polar surface area (TPSA) is 89.1 Å². The van der Waals surface area contributed by atoms with Gasteiger partial charge in [0.15, 0.2) is 11.4 Å². The molecule has 0 unspecified atom stereocenters. The maximum Gasteiger partial charge on any atom is 0.162 e. The third kappa shape index (κ3) is 7.57. The molecular weight excluding hydrogens is 715 g/mol. The van der Waals surface area contributed by atoms with E-state index in [2.05, 4.69) is 37.0 Å². The summed E-state index contributed by atoms with van der Waals surface area (Å²) in [5, 5.41) is 12.9. The first-order chi connectivity index (χ1) is 20.2. The van der Waals surface area contributed by atoms with E-state index in [1.807, 2.05) is 65.0 Å². The number of aliphatic hydroxyl groups is 1. The average Bonchev–Trinajstić information content (AvgIpc) is 3.39. The van der Waals surface area contributed by atoms with Gasteiger partial charge in [-0.15, -0.1) is 23.6 Å². The van der Waals surface area contributed by atoms with Crippen molar-refractivity contribution in [2.24, 2.45) is 11.8 Å². The summed E-state index contributed by atoms with van der Waals surface area (Å²) in [6.07, 6.45) is 6.67. The molecular formula is C36H42IrN3O3-. The smallest absolute Gasteiger partial charge is 0.162 e. The van der Waals surface area contributed by atoms with Crippen LogP contribution in [0.25, 0.3) is 44.2 Å². The molecule has 4 aromatic heterocycles. The molecule has 0 amide bonds. The zero-order valence-corrected chi connectivity index (χ0v) is 28.6. The Hall–Kier alpha value is -3.41. The second kappa shape index (κ2) is 15.4. The summed E-state index contributed by atoms with van der Waals surface area (Å²) in [5.41, 5.74) is 4.91. The Bertz CT molecular complexity index is 1720. The number of pyridine rings is 3. The van der Waals surface area contributed by atoms with Crippen molar-refractivity contribution < 1.29 is 34.4 Å². The van der Waals surface area contributed by atoms with Crippen LogP contribution < -0.4 is 0 Å². The van der Waals surface area contributed by atoms with Gasteiger partial charge in [0.25, 0.3) is 0 Å². The number of aromatic nitrogens is 3. The molecule has 43 heavy (non-hydrogen) atoms.